The summed E-state index contributed by atoms with van der Waals surface area (Å²) in [4.78, 5) is 37.9. The van der Waals surface area contributed by atoms with Gasteiger partial charge in [0.1, 0.15) is 11.3 Å². The summed E-state index contributed by atoms with van der Waals surface area (Å²) in [5, 5.41) is 32.1. The Labute approximate surface area is 156 Å². The summed E-state index contributed by atoms with van der Waals surface area (Å²) in [6.45, 7) is 0. The number of aromatic hydroxyl groups is 1. The zero-order chi connectivity index (χ0) is 19.6. The first-order valence-corrected chi connectivity index (χ1v) is 8.25. The fourth-order valence-corrected chi connectivity index (χ4v) is 3.08. The molecule has 2 aromatic rings. The van der Waals surface area contributed by atoms with E-state index in [1.54, 1.807) is 6.07 Å². The van der Waals surface area contributed by atoms with Crippen molar-refractivity contribution in [2.75, 3.05) is 0 Å². The van der Waals surface area contributed by atoms with Crippen molar-refractivity contribution in [3.63, 3.8) is 0 Å². The SMILES string of the molecule is O=C1NC(=Nc2ccc(O)c(C(=O)O)c2)S/C1=C\c1cccc([N+](=O)[O-])c1. The van der Waals surface area contributed by atoms with Crippen LogP contribution in [0, 0.1) is 10.1 Å². The second-order valence-electron chi connectivity index (χ2n) is 5.34. The summed E-state index contributed by atoms with van der Waals surface area (Å²) in [5.41, 5.74) is 0.330. The molecule has 0 bridgehead atoms. The molecule has 1 aliphatic heterocycles. The number of phenols is 1. The van der Waals surface area contributed by atoms with Gasteiger partial charge in [-0.1, -0.05) is 12.1 Å². The topological polar surface area (TPSA) is 142 Å². The minimum absolute atomic E-state index is 0.0908. The molecule has 1 heterocycles. The molecule has 1 saturated heterocycles. The minimum atomic E-state index is -1.30. The van der Waals surface area contributed by atoms with E-state index in [9.17, 15) is 24.8 Å². The van der Waals surface area contributed by atoms with Crippen LogP contribution in [0.3, 0.4) is 0 Å². The van der Waals surface area contributed by atoms with E-state index in [0.29, 0.717) is 5.56 Å². The van der Waals surface area contributed by atoms with Crippen LogP contribution < -0.4 is 5.32 Å². The Balaban J connectivity index is 1.86. The fourth-order valence-electron chi connectivity index (χ4n) is 2.24. The second kappa shape index (κ2) is 7.30. The number of nitrogens with one attached hydrogen (secondary N) is 1. The molecule has 0 spiro atoms. The highest BCUT2D eigenvalue weighted by Crippen LogP contribution is 2.30. The number of nitro benzene ring substituents is 1. The number of non-ortho nitro benzene ring substituents is 1. The third-order valence-corrected chi connectivity index (χ3v) is 4.38. The molecule has 0 unspecified atom stereocenters. The molecule has 0 saturated carbocycles. The maximum absolute atomic E-state index is 12.1. The third-order valence-electron chi connectivity index (χ3n) is 3.47. The van der Waals surface area contributed by atoms with Crippen molar-refractivity contribution in [1.82, 2.24) is 5.32 Å². The summed E-state index contributed by atoms with van der Waals surface area (Å²) in [6.07, 6.45) is 1.50. The van der Waals surface area contributed by atoms with Gasteiger partial charge in [-0.2, -0.15) is 0 Å². The molecule has 27 heavy (non-hydrogen) atoms. The molecular formula is C17H11N3O6S. The molecule has 9 nitrogen and oxygen atoms in total. The van der Waals surface area contributed by atoms with Gasteiger partial charge in [-0.25, -0.2) is 9.79 Å². The van der Waals surface area contributed by atoms with Crippen molar-refractivity contribution >= 4 is 46.3 Å². The maximum Gasteiger partial charge on any atom is 0.339 e. The van der Waals surface area contributed by atoms with Crippen molar-refractivity contribution < 1.29 is 24.7 Å². The van der Waals surface area contributed by atoms with Gasteiger partial charge in [0.25, 0.3) is 11.6 Å². The van der Waals surface area contributed by atoms with Gasteiger partial charge in [-0.05, 0) is 41.6 Å². The number of rotatable bonds is 4. The summed E-state index contributed by atoms with van der Waals surface area (Å²) in [7, 11) is 0. The smallest absolute Gasteiger partial charge is 0.339 e. The molecule has 1 amide bonds. The summed E-state index contributed by atoms with van der Waals surface area (Å²) < 4.78 is 0. The van der Waals surface area contributed by atoms with Crippen molar-refractivity contribution in [3.8, 4) is 5.75 Å². The molecule has 136 valence electrons. The highest BCUT2D eigenvalue weighted by atomic mass is 32.2. The van der Waals surface area contributed by atoms with Crippen molar-refractivity contribution in [2.45, 2.75) is 0 Å². The number of hydrogen-bond acceptors (Lipinski definition) is 7. The first-order chi connectivity index (χ1) is 12.8. The lowest BCUT2D eigenvalue weighted by molar-refractivity contribution is -0.384. The van der Waals surface area contributed by atoms with Crippen LogP contribution in [0.4, 0.5) is 11.4 Å². The number of aliphatic imine (C=N–C) groups is 1. The molecule has 1 fully saturated rings. The molecule has 0 aliphatic carbocycles. The Morgan fingerprint density at radius 3 is 2.74 bits per heavy atom. The van der Waals surface area contributed by atoms with Crippen LogP contribution in [0.2, 0.25) is 0 Å². The van der Waals surface area contributed by atoms with E-state index in [4.69, 9.17) is 5.11 Å². The molecule has 10 heteroatoms. The van der Waals surface area contributed by atoms with E-state index in [-0.39, 0.29) is 32.8 Å². The van der Waals surface area contributed by atoms with Crippen LogP contribution in [-0.2, 0) is 4.79 Å². The lowest BCUT2D eigenvalue weighted by atomic mass is 10.2. The first kappa shape index (κ1) is 18.1. The van der Waals surface area contributed by atoms with Crippen LogP contribution in [0.25, 0.3) is 6.08 Å². The molecule has 2 aromatic carbocycles. The van der Waals surface area contributed by atoms with E-state index < -0.39 is 16.8 Å². The zero-order valence-corrected chi connectivity index (χ0v) is 14.3. The number of hydrogen-bond donors (Lipinski definition) is 3. The number of benzene rings is 2. The van der Waals surface area contributed by atoms with Gasteiger partial charge in [0.2, 0.25) is 0 Å². The maximum atomic E-state index is 12.1. The Bertz CT molecular complexity index is 1030. The third kappa shape index (κ3) is 4.12. The van der Waals surface area contributed by atoms with E-state index in [0.717, 1.165) is 11.8 Å². The molecule has 3 rings (SSSR count). The van der Waals surface area contributed by atoms with Crippen molar-refractivity contribution in [3.05, 3.63) is 68.6 Å². The molecule has 3 N–H and O–H groups in total. The summed E-state index contributed by atoms with van der Waals surface area (Å²) >= 11 is 1.01. The lowest BCUT2D eigenvalue weighted by Crippen LogP contribution is -2.19. The normalized spacial score (nSPS) is 16.5. The number of nitrogens with zero attached hydrogens (tertiary/aromatic N) is 2. The Hall–Kier alpha value is -3.66. The molecule has 0 radical (unpaired) electrons. The van der Waals surface area contributed by atoms with E-state index in [1.807, 2.05) is 0 Å². The van der Waals surface area contributed by atoms with Gasteiger partial charge in [-0.3, -0.25) is 14.9 Å². The van der Waals surface area contributed by atoms with E-state index in [1.165, 1.54) is 42.5 Å². The number of carbonyl (C=O) groups excluding carboxylic acids is 1. The average Bonchev–Trinajstić information content (AvgIpc) is 2.95. The Morgan fingerprint density at radius 1 is 1.26 bits per heavy atom. The number of aromatic carboxylic acids is 1. The van der Waals surface area contributed by atoms with Crippen molar-refractivity contribution in [2.24, 2.45) is 4.99 Å². The number of amides is 1. The highest BCUT2D eigenvalue weighted by molar-refractivity contribution is 8.18. The average molecular weight is 385 g/mol. The standard InChI is InChI=1S/C17H11N3O6S/c21-13-5-4-10(8-12(13)16(23)24)18-17-19-15(22)14(27-17)7-9-2-1-3-11(6-9)20(25)26/h1-8,21H,(H,23,24)(H,18,19,22)/b14-7-. The number of carboxylic acid groups (broad SMARTS) is 1. The van der Waals surface area contributed by atoms with Crippen LogP contribution in [0.1, 0.15) is 15.9 Å². The number of thioether (sulfide) groups is 1. The first-order valence-electron chi connectivity index (χ1n) is 7.44. The number of nitro groups is 1. The predicted octanol–water partition coefficient (Wildman–Crippen LogP) is 2.89. The van der Waals surface area contributed by atoms with E-state index >= 15 is 0 Å². The van der Waals surface area contributed by atoms with Crippen molar-refractivity contribution in [1.29, 1.82) is 0 Å². The number of carboxylic acids is 1. The Morgan fingerprint density at radius 2 is 2.04 bits per heavy atom. The number of carbonyl (C=O) groups is 2. The van der Waals surface area contributed by atoms with Crippen LogP contribution in [-0.4, -0.2) is 32.2 Å². The monoisotopic (exact) mass is 385 g/mol. The number of amidine groups is 1. The van der Waals surface area contributed by atoms with Crippen LogP contribution in [0.15, 0.2) is 52.4 Å². The van der Waals surface area contributed by atoms with Crippen LogP contribution in [0.5, 0.6) is 5.75 Å². The summed E-state index contributed by atoms with van der Waals surface area (Å²) in [6, 6.07) is 9.62. The molecule has 0 atom stereocenters. The van der Waals surface area contributed by atoms with Gasteiger partial charge in [0, 0.05) is 12.1 Å². The fraction of sp³-hybridized carbons (Fsp3) is 0. The van der Waals surface area contributed by atoms with Gasteiger partial charge in [0.15, 0.2) is 5.17 Å². The van der Waals surface area contributed by atoms with Gasteiger partial charge in [0.05, 0.1) is 15.5 Å². The zero-order valence-electron chi connectivity index (χ0n) is 13.4. The second-order valence-corrected chi connectivity index (χ2v) is 6.37. The predicted molar refractivity (Wildman–Crippen MR) is 99.0 cm³/mol. The van der Waals surface area contributed by atoms with Gasteiger partial charge in [-0.15, -0.1) is 0 Å². The Kier molecular flexibility index (Phi) is 4.90. The minimum Gasteiger partial charge on any atom is -0.507 e. The van der Waals surface area contributed by atoms with Crippen LogP contribution >= 0.6 is 11.8 Å². The molecular weight excluding hydrogens is 374 g/mol. The lowest BCUT2D eigenvalue weighted by Gasteiger charge is -2.01. The van der Waals surface area contributed by atoms with E-state index in [2.05, 4.69) is 10.3 Å². The largest absolute Gasteiger partial charge is 0.507 e. The highest BCUT2D eigenvalue weighted by Gasteiger charge is 2.24. The summed E-state index contributed by atoms with van der Waals surface area (Å²) in [5.74, 6) is -2.12. The molecule has 0 aromatic heterocycles. The molecule has 1 aliphatic rings. The quantitative estimate of drug-likeness (QED) is 0.417. The van der Waals surface area contributed by atoms with Gasteiger partial charge < -0.3 is 15.5 Å². The van der Waals surface area contributed by atoms with Gasteiger partial charge >= 0.3 is 5.97 Å².